The van der Waals surface area contributed by atoms with Crippen molar-refractivity contribution < 1.29 is 4.79 Å². The maximum absolute atomic E-state index is 12.2. The van der Waals surface area contributed by atoms with Crippen LogP contribution in [0.3, 0.4) is 0 Å². The number of carbonyl (C=O) groups excluding carboxylic acids is 1. The number of halogens is 1. The Hall–Kier alpha value is -1.68. The summed E-state index contributed by atoms with van der Waals surface area (Å²) in [6.45, 7) is 2.07. The molecule has 2 N–H and O–H groups in total. The van der Waals surface area contributed by atoms with E-state index in [0.29, 0.717) is 11.3 Å². The zero-order valence-electron chi connectivity index (χ0n) is 10.7. The molecule has 0 aliphatic rings. The molecule has 0 saturated carbocycles. The van der Waals surface area contributed by atoms with Crippen LogP contribution in [0, 0.1) is 0 Å². The molecule has 19 heavy (non-hydrogen) atoms. The molecule has 2 aromatic rings. The first-order chi connectivity index (χ1) is 9.10. The lowest BCUT2D eigenvalue weighted by atomic mass is 10.0. The number of benzene rings is 1. The third kappa shape index (κ3) is 3.41. The summed E-state index contributed by atoms with van der Waals surface area (Å²) in [4.78, 5) is 16.5. The maximum Gasteiger partial charge on any atom is 0.170 e. The van der Waals surface area contributed by atoms with Crippen LogP contribution < -0.4 is 5.73 Å². The zero-order chi connectivity index (χ0) is 13.8. The highest BCUT2D eigenvalue weighted by Crippen LogP contribution is 2.20. The summed E-state index contributed by atoms with van der Waals surface area (Å²) in [5.41, 5.74) is 8.82. The number of pyridine rings is 1. The van der Waals surface area contributed by atoms with Crippen LogP contribution in [0.5, 0.6) is 0 Å². The number of aryl methyl sites for hydroxylation is 1. The van der Waals surface area contributed by atoms with E-state index < -0.39 is 0 Å². The average molecular weight is 319 g/mol. The van der Waals surface area contributed by atoms with Gasteiger partial charge in [-0.1, -0.05) is 28.9 Å². The molecule has 0 amide bonds. The second-order valence-electron chi connectivity index (χ2n) is 4.34. The lowest BCUT2D eigenvalue weighted by Gasteiger charge is -2.05. The van der Waals surface area contributed by atoms with Crippen molar-refractivity contribution >= 4 is 27.4 Å². The quantitative estimate of drug-likeness (QED) is 0.694. The molecule has 0 radical (unpaired) electrons. The van der Waals surface area contributed by atoms with Gasteiger partial charge in [-0.15, -0.1) is 0 Å². The van der Waals surface area contributed by atoms with Crippen molar-refractivity contribution in [3.05, 3.63) is 57.8 Å². The number of nitrogens with two attached hydrogens (primary N) is 1. The Morgan fingerprint density at radius 3 is 2.68 bits per heavy atom. The molecule has 0 aliphatic heterocycles. The molecule has 4 heteroatoms. The lowest BCUT2D eigenvalue weighted by molar-refractivity contribution is 0.0993. The summed E-state index contributed by atoms with van der Waals surface area (Å²) in [7, 11) is 0. The van der Waals surface area contributed by atoms with Gasteiger partial charge in [0.25, 0.3) is 0 Å². The number of Topliss-reactive ketones (excluding diaryl/α,β-unsaturated/α-hetero) is 1. The fraction of sp³-hybridized carbons (Fsp3) is 0.200. The van der Waals surface area contributed by atoms with Crippen molar-refractivity contribution in [1.29, 1.82) is 0 Å². The number of hydrogen-bond acceptors (Lipinski definition) is 3. The molecule has 0 spiro atoms. The molecule has 1 aromatic carbocycles. The molecular weight excluding hydrogens is 304 g/mol. The highest BCUT2D eigenvalue weighted by atomic mass is 79.9. The number of nitrogens with zero attached hydrogens (tertiary/aromatic N) is 1. The Morgan fingerprint density at radius 1 is 1.32 bits per heavy atom. The molecule has 1 aromatic heterocycles. The molecular formula is C15H15BrN2O. The van der Waals surface area contributed by atoms with Crippen molar-refractivity contribution in [3.63, 3.8) is 0 Å². The molecule has 0 fully saturated rings. The third-order valence-electron chi connectivity index (χ3n) is 2.95. The highest BCUT2D eigenvalue weighted by molar-refractivity contribution is 9.10. The average Bonchev–Trinajstić information content (AvgIpc) is 2.39. The number of aromatic nitrogens is 1. The molecule has 0 bridgehead atoms. The Bertz CT molecular complexity index is 594. The van der Waals surface area contributed by atoms with Gasteiger partial charge in [0.05, 0.1) is 6.42 Å². The molecule has 0 atom stereocenters. The zero-order valence-corrected chi connectivity index (χ0v) is 12.3. The third-order valence-corrected chi connectivity index (χ3v) is 3.44. The van der Waals surface area contributed by atoms with Gasteiger partial charge in [-0.3, -0.25) is 9.78 Å². The summed E-state index contributed by atoms with van der Waals surface area (Å²) in [5, 5.41) is 0. The van der Waals surface area contributed by atoms with Crippen molar-refractivity contribution in [2.75, 3.05) is 5.73 Å². The van der Waals surface area contributed by atoms with E-state index in [-0.39, 0.29) is 12.2 Å². The van der Waals surface area contributed by atoms with Crippen LogP contribution in [0.2, 0.25) is 0 Å². The Kier molecular flexibility index (Phi) is 4.32. The van der Waals surface area contributed by atoms with Gasteiger partial charge < -0.3 is 5.73 Å². The fourth-order valence-electron chi connectivity index (χ4n) is 1.82. The Morgan fingerprint density at radius 2 is 2.11 bits per heavy atom. The van der Waals surface area contributed by atoms with Gasteiger partial charge in [-0.05, 0) is 36.2 Å². The SMILES string of the molecule is CCc1ccc(CC(=O)c2ccc(Br)cc2N)nc1. The number of nitrogen functional groups attached to an aromatic ring is 1. The predicted molar refractivity (Wildman–Crippen MR) is 80.2 cm³/mol. The summed E-state index contributed by atoms with van der Waals surface area (Å²) >= 11 is 3.32. The smallest absolute Gasteiger partial charge is 0.170 e. The highest BCUT2D eigenvalue weighted by Gasteiger charge is 2.11. The van der Waals surface area contributed by atoms with Crippen molar-refractivity contribution in [3.8, 4) is 0 Å². The maximum atomic E-state index is 12.2. The van der Waals surface area contributed by atoms with E-state index in [1.54, 1.807) is 12.1 Å². The van der Waals surface area contributed by atoms with Gasteiger partial charge in [-0.2, -0.15) is 0 Å². The van der Waals surface area contributed by atoms with Crippen LogP contribution >= 0.6 is 15.9 Å². The first-order valence-electron chi connectivity index (χ1n) is 6.12. The minimum atomic E-state index is -0.0123. The molecule has 98 valence electrons. The van der Waals surface area contributed by atoms with Crippen LogP contribution in [-0.2, 0) is 12.8 Å². The predicted octanol–water partition coefficient (Wildman–Crippen LogP) is 3.41. The first-order valence-corrected chi connectivity index (χ1v) is 6.91. The van der Waals surface area contributed by atoms with Crippen LogP contribution in [0.25, 0.3) is 0 Å². The van der Waals surface area contributed by atoms with E-state index in [1.807, 2.05) is 24.4 Å². The van der Waals surface area contributed by atoms with E-state index in [9.17, 15) is 4.79 Å². The largest absolute Gasteiger partial charge is 0.398 e. The second-order valence-corrected chi connectivity index (χ2v) is 5.26. The van der Waals surface area contributed by atoms with E-state index >= 15 is 0 Å². The minimum absolute atomic E-state index is 0.0123. The van der Waals surface area contributed by atoms with Gasteiger partial charge in [-0.25, -0.2) is 0 Å². The van der Waals surface area contributed by atoms with E-state index in [4.69, 9.17) is 5.73 Å². The topological polar surface area (TPSA) is 56.0 Å². The van der Waals surface area contributed by atoms with Crippen LogP contribution in [0.15, 0.2) is 41.0 Å². The van der Waals surface area contributed by atoms with E-state index in [1.165, 1.54) is 5.56 Å². The normalized spacial score (nSPS) is 10.4. The van der Waals surface area contributed by atoms with Crippen molar-refractivity contribution in [2.24, 2.45) is 0 Å². The number of rotatable bonds is 4. The summed E-state index contributed by atoms with van der Waals surface area (Å²) in [6, 6.07) is 9.19. The second kappa shape index (κ2) is 5.97. The number of anilines is 1. The summed E-state index contributed by atoms with van der Waals surface area (Å²) in [5.74, 6) is -0.0123. The number of ketones is 1. The first kappa shape index (κ1) is 13.7. The fourth-order valence-corrected chi connectivity index (χ4v) is 2.19. The van der Waals surface area contributed by atoms with E-state index in [2.05, 4.69) is 27.8 Å². The van der Waals surface area contributed by atoms with Crippen LogP contribution in [0.1, 0.15) is 28.5 Å². The monoisotopic (exact) mass is 318 g/mol. The van der Waals surface area contributed by atoms with E-state index in [0.717, 1.165) is 16.6 Å². The van der Waals surface area contributed by atoms with Gasteiger partial charge in [0.2, 0.25) is 0 Å². The van der Waals surface area contributed by atoms with Gasteiger partial charge >= 0.3 is 0 Å². The standard InChI is InChI=1S/C15H15BrN2O/c1-2-10-3-5-12(18-9-10)8-15(19)13-6-4-11(16)7-14(13)17/h3-7,9H,2,8,17H2,1H3. The van der Waals surface area contributed by atoms with Crippen molar-refractivity contribution in [1.82, 2.24) is 4.98 Å². The molecule has 0 aliphatic carbocycles. The molecule has 0 saturated heterocycles. The summed E-state index contributed by atoms with van der Waals surface area (Å²) < 4.78 is 0.868. The van der Waals surface area contributed by atoms with Gasteiger partial charge in [0.1, 0.15) is 0 Å². The Balaban J connectivity index is 2.15. The van der Waals surface area contributed by atoms with Crippen LogP contribution in [0.4, 0.5) is 5.69 Å². The molecule has 3 nitrogen and oxygen atoms in total. The number of carbonyl (C=O) groups is 1. The van der Waals surface area contributed by atoms with Crippen molar-refractivity contribution in [2.45, 2.75) is 19.8 Å². The summed E-state index contributed by atoms with van der Waals surface area (Å²) in [6.07, 6.45) is 3.03. The van der Waals surface area contributed by atoms with Gasteiger partial charge in [0, 0.05) is 27.6 Å². The molecule has 0 unspecified atom stereocenters. The van der Waals surface area contributed by atoms with Gasteiger partial charge in [0.15, 0.2) is 5.78 Å². The molecule has 2 rings (SSSR count). The molecule has 1 heterocycles. The lowest BCUT2D eigenvalue weighted by Crippen LogP contribution is -2.08. The van der Waals surface area contributed by atoms with Crippen LogP contribution in [-0.4, -0.2) is 10.8 Å². The minimum Gasteiger partial charge on any atom is -0.398 e. The Labute approximate surface area is 121 Å². The number of hydrogen-bond donors (Lipinski definition) is 1.